The standard InChI is InChI=1S/C14H20N2O2/c1-4-9-18-12-6-5-11(10-13(12)17-3)14-15-7-8-16(14)2/h5-6,10H,4,7-9H2,1-3H3. The Kier molecular flexibility index (Phi) is 4.07. The maximum Gasteiger partial charge on any atom is 0.161 e. The van der Waals surface area contributed by atoms with E-state index in [2.05, 4.69) is 23.9 Å². The number of benzene rings is 1. The lowest BCUT2D eigenvalue weighted by Crippen LogP contribution is -2.23. The summed E-state index contributed by atoms with van der Waals surface area (Å²) in [6, 6.07) is 5.98. The lowest BCUT2D eigenvalue weighted by molar-refractivity contribution is 0.294. The maximum absolute atomic E-state index is 5.64. The lowest BCUT2D eigenvalue weighted by atomic mass is 10.1. The molecule has 0 unspecified atom stereocenters. The van der Waals surface area contributed by atoms with Crippen molar-refractivity contribution in [3.63, 3.8) is 0 Å². The van der Waals surface area contributed by atoms with Gasteiger partial charge in [0.1, 0.15) is 5.84 Å². The Hall–Kier alpha value is -1.71. The molecule has 0 aliphatic carbocycles. The molecule has 1 aliphatic heterocycles. The van der Waals surface area contributed by atoms with Crippen molar-refractivity contribution < 1.29 is 9.47 Å². The zero-order chi connectivity index (χ0) is 13.0. The van der Waals surface area contributed by atoms with Crippen molar-refractivity contribution in [2.24, 2.45) is 4.99 Å². The number of hydrogen-bond acceptors (Lipinski definition) is 4. The summed E-state index contributed by atoms with van der Waals surface area (Å²) in [4.78, 5) is 6.65. The van der Waals surface area contributed by atoms with Crippen LogP contribution in [0.25, 0.3) is 0 Å². The topological polar surface area (TPSA) is 34.1 Å². The van der Waals surface area contributed by atoms with E-state index in [1.807, 2.05) is 18.2 Å². The minimum Gasteiger partial charge on any atom is -0.493 e. The SMILES string of the molecule is CCCOc1ccc(C2=NCCN2C)cc1OC. The molecule has 0 fully saturated rings. The Labute approximate surface area is 108 Å². The van der Waals surface area contributed by atoms with Crippen LogP contribution in [0, 0.1) is 0 Å². The summed E-state index contributed by atoms with van der Waals surface area (Å²) < 4.78 is 11.0. The first-order valence-corrected chi connectivity index (χ1v) is 6.33. The second-order valence-electron chi connectivity index (χ2n) is 4.34. The Morgan fingerprint density at radius 3 is 2.78 bits per heavy atom. The van der Waals surface area contributed by atoms with Crippen molar-refractivity contribution in [2.45, 2.75) is 13.3 Å². The predicted molar refractivity (Wildman–Crippen MR) is 72.8 cm³/mol. The van der Waals surface area contributed by atoms with E-state index in [4.69, 9.17) is 9.47 Å². The molecule has 0 bridgehead atoms. The highest BCUT2D eigenvalue weighted by Gasteiger charge is 2.16. The van der Waals surface area contributed by atoms with Gasteiger partial charge in [-0.1, -0.05) is 6.92 Å². The highest BCUT2D eigenvalue weighted by atomic mass is 16.5. The Morgan fingerprint density at radius 2 is 2.17 bits per heavy atom. The Bertz CT molecular complexity index is 443. The van der Waals surface area contributed by atoms with Gasteiger partial charge in [-0.25, -0.2) is 0 Å². The van der Waals surface area contributed by atoms with Gasteiger partial charge in [-0.2, -0.15) is 0 Å². The molecule has 0 saturated carbocycles. The fourth-order valence-corrected chi connectivity index (χ4v) is 1.98. The maximum atomic E-state index is 5.64. The van der Waals surface area contributed by atoms with E-state index in [0.717, 1.165) is 42.4 Å². The average molecular weight is 248 g/mol. The molecular weight excluding hydrogens is 228 g/mol. The second-order valence-corrected chi connectivity index (χ2v) is 4.34. The first kappa shape index (κ1) is 12.7. The van der Waals surface area contributed by atoms with Gasteiger partial charge in [0.05, 0.1) is 20.3 Å². The van der Waals surface area contributed by atoms with Crippen LogP contribution in [0.2, 0.25) is 0 Å². The van der Waals surface area contributed by atoms with Crippen LogP contribution < -0.4 is 9.47 Å². The summed E-state index contributed by atoms with van der Waals surface area (Å²) >= 11 is 0. The lowest BCUT2D eigenvalue weighted by Gasteiger charge is -2.16. The molecule has 98 valence electrons. The average Bonchev–Trinajstić information content (AvgIpc) is 2.82. The number of methoxy groups -OCH3 is 1. The van der Waals surface area contributed by atoms with Gasteiger partial charge in [0.15, 0.2) is 11.5 Å². The smallest absolute Gasteiger partial charge is 0.161 e. The van der Waals surface area contributed by atoms with E-state index in [1.54, 1.807) is 7.11 Å². The van der Waals surface area contributed by atoms with Gasteiger partial charge in [-0.05, 0) is 24.6 Å². The molecule has 0 radical (unpaired) electrons. The van der Waals surface area contributed by atoms with Crippen LogP contribution in [0.1, 0.15) is 18.9 Å². The fourth-order valence-electron chi connectivity index (χ4n) is 1.98. The van der Waals surface area contributed by atoms with Gasteiger partial charge >= 0.3 is 0 Å². The summed E-state index contributed by atoms with van der Waals surface area (Å²) in [5.74, 6) is 2.59. The summed E-state index contributed by atoms with van der Waals surface area (Å²) in [5.41, 5.74) is 1.08. The fraction of sp³-hybridized carbons (Fsp3) is 0.500. The van der Waals surface area contributed by atoms with Gasteiger partial charge in [-0.15, -0.1) is 0 Å². The highest BCUT2D eigenvalue weighted by Crippen LogP contribution is 2.29. The molecule has 1 aliphatic rings. The van der Waals surface area contributed by atoms with Crippen molar-refractivity contribution in [3.8, 4) is 11.5 Å². The van der Waals surface area contributed by atoms with E-state index >= 15 is 0 Å². The van der Waals surface area contributed by atoms with Crippen LogP contribution in [0.3, 0.4) is 0 Å². The van der Waals surface area contributed by atoms with Crippen molar-refractivity contribution in [2.75, 3.05) is 33.9 Å². The van der Waals surface area contributed by atoms with Crippen molar-refractivity contribution in [1.82, 2.24) is 4.90 Å². The monoisotopic (exact) mass is 248 g/mol. The first-order valence-electron chi connectivity index (χ1n) is 6.33. The summed E-state index contributed by atoms with van der Waals surface area (Å²) in [6.07, 6.45) is 0.986. The molecule has 0 amide bonds. The molecule has 1 aromatic carbocycles. The number of likely N-dealkylation sites (N-methyl/N-ethyl adjacent to an activating group) is 1. The number of amidine groups is 1. The van der Waals surface area contributed by atoms with Crippen LogP contribution in [-0.2, 0) is 0 Å². The molecule has 0 atom stereocenters. The molecule has 0 aromatic heterocycles. The molecule has 2 rings (SSSR count). The van der Waals surface area contributed by atoms with Crippen LogP contribution >= 0.6 is 0 Å². The summed E-state index contributed by atoms with van der Waals surface area (Å²) in [7, 11) is 3.72. The zero-order valence-electron chi connectivity index (χ0n) is 11.3. The van der Waals surface area contributed by atoms with Crippen molar-refractivity contribution in [1.29, 1.82) is 0 Å². The van der Waals surface area contributed by atoms with E-state index < -0.39 is 0 Å². The third-order valence-corrected chi connectivity index (χ3v) is 2.94. The second kappa shape index (κ2) is 5.76. The van der Waals surface area contributed by atoms with Crippen molar-refractivity contribution >= 4 is 5.84 Å². The van der Waals surface area contributed by atoms with Gasteiger partial charge in [0, 0.05) is 19.2 Å². The number of ether oxygens (including phenoxy) is 2. The van der Waals surface area contributed by atoms with Crippen LogP contribution in [0.4, 0.5) is 0 Å². The normalized spacial score (nSPS) is 14.6. The zero-order valence-corrected chi connectivity index (χ0v) is 11.3. The third-order valence-electron chi connectivity index (χ3n) is 2.94. The molecule has 1 heterocycles. The van der Waals surface area contributed by atoms with E-state index in [-0.39, 0.29) is 0 Å². The number of nitrogens with zero attached hydrogens (tertiary/aromatic N) is 2. The number of aliphatic imine (C=N–C) groups is 1. The molecule has 0 N–H and O–H groups in total. The molecule has 4 heteroatoms. The van der Waals surface area contributed by atoms with Crippen LogP contribution in [0.5, 0.6) is 11.5 Å². The molecule has 0 saturated heterocycles. The number of rotatable bonds is 5. The van der Waals surface area contributed by atoms with E-state index in [1.165, 1.54) is 0 Å². The molecule has 4 nitrogen and oxygen atoms in total. The Balaban J connectivity index is 2.24. The molecular formula is C14H20N2O2. The Morgan fingerprint density at radius 1 is 1.33 bits per heavy atom. The largest absolute Gasteiger partial charge is 0.493 e. The van der Waals surface area contributed by atoms with Gasteiger partial charge in [0.25, 0.3) is 0 Å². The van der Waals surface area contributed by atoms with Gasteiger partial charge < -0.3 is 14.4 Å². The van der Waals surface area contributed by atoms with E-state index in [0.29, 0.717) is 6.61 Å². The summed E-state index contributed by atoms with van der Waals surface area (Å²) in [6.45, 7) is 4.63. The predicted octanol–water partition coefficient (Wildman–Crippen LogP) is 2.18. The van der Waals surface area contributed by atoms with Crippen LogP contribution in [0.15, 0.2) is 23.2 Å². The minimum absolute atomic E-state index is 0.705. The highest BCUT2D eigenvalue weighted by molar-refractivity contribution is 6.00. The minimum atomic E-state index is 0.705. The van der Waals surface area contributed by atoms with Gasteiger partial charge in [0.2, 0.25) is 0 Å². The summed E-state index contributed by atoms with van der Waals surface area (Å²) in [5, 5.41) is 0. The van der Waals surface area contributed by atoms with Crippen LogP contribution in [-0.4, -0.2) is 44.6 Å². The quantitative estimate of drug-likeness (QED) is 0.801. The van der Waals surface area contributed by atoms with Gasteiger partial charge in [-0.3, -0.25) is 4.99 Å². The van der Waals surface area contributed by atoms with Crippen molar-refractivity contribution in [3.05, 3.63) is 23.8 Å². The molecule has 0 spiro atoms. The first-order chi connectivity index (χ1) is 8.76. The molecule has 1 aromatic rings. The number of hydrogen-bond donors (Lipinski definition) is 0. The van der Waals surface area contributed by atoms with E-state index in [9.17, 15) is 0 Å². The molecule has 18 heavy (non-hydrogen) atoms. The third kappa shape index (κ3) is 2.58.